The highest BCUT2D eigenvalue weighted by Crippen LogP contribution is 2.07. The number of aromatic hydroxyl groups is 1. The summed E-state index contributed by atoms with van der Waals surface area (Å²) in [7, 11) is 0.765. The van der Waals surface area contributed by atoms with Crippen LogP contribution >= 0.6 is 0 Å². The lowest BCUT2D eigenvalue weighted by molar-refractivity contribution is -0.0570. The van der Waals surface area contributed by atoms with Crippen LogP contribution in [0.1, 0.15) is 26.2 Å². The van der Waals surface area contributed by atoms with E-state index in [4.69, 9.17) is 9.16 Å². The van der Waals surface area contributed by atoms with Gasteiger partial charge in [-0.05, 0) is 18.9 Å². The average Bonchev–Trinajstić information content (AvgIpc) is 2.31. The van der Waals surface area contributed by atoms with E-state index >= 15 is 0 Å². The number of phenolic OH excluding ortho intramolecular Hbond substituents is 1. The van der Waals surface area contributed by atoms with Crippen molar-refractivity contribution >= 4 is 14.9 Å². The number of benzene rings is 1. The largest absolute Gasteiger partial charge is 0.508 e. The number of rotatable bonds is 7. The van der Waals surface area contributed by atoms with Crippen molar-refractivity contribution in [1.82, 2.24) is 0 Å². The van der Waals surface area contributed by atoms with Crippen LogP contribution in [0.15, 0.2) is 24.3 Å². The minimum absolute atomic E-state index is 0.119. The van der Waals surface area contributed by atoms with E-state index in [9.17, 15) is 5.11 Å². The Bertz CT molecular complexity index is 304. The second-order valence-electron chi connectivity index (χ2n) is 3.75. The van der Waals surface area contributed by atoms with Crippen LogP contribution in [0.3, 0.4) is 0 Å². The Balaban J connectivity index is 2.40. The zero-order valence-electron chi connectivity index (χ0n) is 9.98. The van der Waals surface area contributed by atoms with Crippen LogP contribution in [0, 0.1) is 0 Å². The molecule has 1 aromatic carbocycles. The summed E-state index contributed by atoms with van der Waals surface area (Å²) in [4.78, 5) is 0. The Morgan fingerprint density at radius 3 is 2.75 bits per heavy atom. The molecule has 0 spiro atoms. The van der Waals surface area contributed by atoms with Crippen LogP contribution in [0.25, 0.3) is 0 Å². The molecule has 0 heterocycles. The maximum atomic E-state index is 9.59. The number of unbranched alkanes of at least 4 members (excludes halogenated alkanes) is 1. The second-order valence-corrected chi connectivity index (χ2v) is 5.13. The first-order valence-electron chi connectivity index (χ1n) is 5.69. The maximum Gasteiger partial charge on any atom is 0.199 e. The average molecular weight is 240 g/mol. The summed E-state index contributed by atoms with van der Waals surface area (Å²) >= 11 is 0. The molecule has 0 bridgehead atoms. The lowest BCUT2D eigenvalue weighted by atomic mass is 10.2. The molecule has 0 aliphatic heterocycles. The fraction of sp³-hybridized carbons (Fsp3) is 0.500. The minimum atomic E-state index is -0.902. The van der Waals surface area contributed by atoms with E-state index in [-0.39, 0.29) is 6.29 Å². The Morgan fingerprint density at radius 1 is 1.38 bits per heavy atom. The predicted octanol–water partition coefficient (Wildman–Crippen LogP) is 1.28. The molecule has 0 aromatic heterocycles. The van der Waals surface area contributed by atoms with E-state index in [1.165, 1.54) is 0 Å². The summed E-state index contributed by atoms with van der Waals surface area (Å²) in [6.07, 6.45) is 3.05. The van der Waals surface area contributed by atoms with Crippen molar-refractivity contribution < 1.29 is 14.3 Å². The van der Waals surface area contributed by atoms with Gasteiger partial charge >= 0.3 is 0 Å². The third-order valence-corrected chi connectivity index (χ3v) is 3.92. The van der Waals surface area contributed by atoms with Crippen molar-refractivity contribution in [2.24, 2.45) is 0 Å². The smallest absolute Gasteiger partial charge is 0.199 e. The molecule has 1 rings (SSSR count). The molecule has 3 nitrogen and oxygen atoms in total. The number of para-hydroxylation sites is 1. The molecule has 1 atom stereocenters. The molecular formula is C12H20O3Si. The highest BCUT2D eigenvalue weighted by Gasteiger charge is 2.08. The van der Waals surface area contributed by atoms with E-state index in [1.807, 2.05) is 18.2 Å². The van der Waals surface area contributed by atoms with Crippen LogP contribution in [0.5, 0.6) is 5.75 Å². The van der Waals surface area contributed by atoms with Gasteiger partial charge in [0, 0.05) is 12.3 Å². The van der Waals surface area contributed by atoms with Crippen molar-refractivity contribution in [3.8, 4) is 5.75 Å². The van der Waals surface area contributed by atoms with E-state index in [2.05, 4.69) is 6.92 Å². The van der Waals surface area contributed by atoms with Gasteiger partial charge in [-0.15, -0.1) is 0 Å². The summed E-state index contributed by atoms with van der Waals surface area (Å²) < 4.78 is 11.0. The van der Waals surface area contributed by atoms with E-state index < -0.39 is 9.76 Å². The minimum Gasteiger partial charge on any atom is -0.508 e. The number of hydrogen-bond donors (Lipinski definition) is 1. The maximum absolute atomic E-state index is 9.59. The highest BCUT2D eigenvalue weighted by molar-refractivity contribution is 6.48. The van der Waals surface area contributed by atoms with Gasteiger partial charge in [-0.2, -0.15) is 0 Å². The van der Waals surface area contributed by atoms with Gasteiger partial charge < -0.3 is 14.3 Å². The van der Waals surface area contributed by atoms with Crippen LogP contribution in [-0.2, 0) is 9.16 Å². The normalized spacial score (nSPS) is 13.4. The zero-order valence-corrected chi connectivity index (χ0v) is 11.4. The molecule has 4 heteroatoms. The van der Waals surface area contributed by atoms with Gasteiger partial charge in [0.2, 0.25) is 0 Å². The summed E-state index contributed by atoms with van der Waals surface area (Å²) in [6.45, 7) is 2.15. The Morgan fingerprint density at radius 2 is 2.12 bits per heavy atom. The first-order valence-corrected chi connectivity index (χ1v) is 6.97. The molecule has 90 valence electrons. The fourth-order valence-electron chi connectivity index (χ4n) is 1.46. The molecule has 0 fully saturated rings. The molecular weight excluding hydrogens is 220 g/mol. The summed E-state index contributed by atoms with van der Waals surface area (Å²) in [6, 6.07) is 7.34. The molecule has 0 saturated heterocycles. The standard InChI is InChI=1S/C12H20O3Si/c1-3-4-9-12(14-2)15-16-11-8-6-5-7-10(11)13/h5-8,12-13H,3-4,9,16H2,1-2H3. The summed E-state index contributed by atoms with van der Waals surface area (Å²) in [5.41, 5.74) is 0. The Kier molecular flexibility index (Phi) is 6.14. The van der Waals surface area contributed by atoms with Crippen molar-refractivity contribution in [1.29, 1.82) is 0 Å². The van der Waals surface area contributed by atoms with Gasteiger partial charge in [0.05, 0.1) is 0 Å². The van der Waals surface area contributed by atoms with Crippen LogP contribution < -0.4 is 5.19 Å². The fourth-order valence-corrected chi connectivity index (χ4v) is 2.62. The summed E-state index contributed by atoms with van der Waals surface area (Å²) in [5, 5.41) is 10.5. The van der Waals surface area contributed by atoms with Gasteiger partial charge in [-0.1, -0.05) is 31.5 Å². The number of phenols is 1. The monoisotopic (exact) mass is 240 g/mol. The highest BCUT2D eigenvalue weighted by atomic mass is 28.2. The van der Waals surface area contributed by atoms with Gasteiger partial charge in [0.1, 0.15) is 12.0 Å². The topological polar surface area (TPSA) is 38.7 Å². The SMILES string of the molecule is CCCCC(OC)O[SiH2]c1ccccc1O. The lowest BCUT2D eigenvalue weighted by Gasteiger charge is -2.16. The van der Waals surface area contributed by atoms with Gasteiger partial charge in [0.25, 0.3) is 0 Å². The van der Waals surface area contributed by atoms with Gasteiger partial charge in [0.15, 0.2) is 9.76 Å². The number of methoxy groups -OCH3 is 1. The van der Waals surface area contributed by atoms with E-state index in [0.29, 0.717) is 5.75 Å². The summed E-state index contributed by atoms with van der Waals surface area (Å²) in [5.74, 6) is 0.333. The third-order valence-electron chi connectivity index (χ3n) is 2.47. The first-order chi connectivity index (χ1) is 7.77. The molecule has 1 N–H and O–H groups in total. The predicted molar refractivity (Wildman–Crippen MR) is 67.7 cm³/mol. The molecule has 1 unspecified atom stereocenters. The quantitative estimate of drug-likeness (QED) is 0.576. The number of hydrogen-bond acceptors (Lipinski definition) is 3. The molecule has 0 radical (unpaired) electrons. The Labute approximate surface area is 99.3 Å². The van der Waals surface area contributed by atoms with Crippen molar-refractivity contribution in [3.05, 3.63) is 24.3 Å². The molecule has 0 aliphatic carbocycles. The molecule has 0 aliphatic rings. The van der Waals surface area contributed by atoms with Crippen molar-refractivity contribution in [2.75, 3.05) is 7.11 Å². The van der Waals surface area contributed by atoms with E-state index in [0.717, 1.165) is 24.4 Å². The molecule has 0 amide bonds. The number of ether oxygens (including phenoxy) is 1. The zero-order chi connectivity index (χ0) is 11.8. The van der Waals surface area contributed by atoms with Gasteiger partial charge in [-0.25, -0.2) is 0 Å². The van der Waals surface area contributed by atoms with Crippen LogP contribution in [0.4, 0.5) is 0 Å². The van der Waals surface area contributed by atoms with Crippen molar-refractivity contribution in [3.63, 3.8) is 0 Å². The third kappa shape index (κ3) is 4.34. The molecule has 1 aromatic rings. The Hall–Kier alpha value is -0.843. The molecule has 0 saturated carbocycles. The first kappa shape index (κ1) is 13.2. The van der Waals surface area contributed by atoms with Gasteiger partial charge in [-0.3, -0.25) is 0 Å². The molecule has 16 heavy (non-hydrogen) atoms. The van der Waals surface area contributed by atoms with Crippen molar-refractivity contribution in [2.45, 2.75) is 32.5 Å². The van der Waals surface area contributed by atoms with Crippen LogP contribution in [0.2, 0.25) is 0 Å². The van der Waals surface area contributed by atoms with E-state index in [1.54, 1.807) is 13.2 Å². The lowest BCUT2D eigenvalue weighted by Crippen LogP contribution is -2.25. The second kappa shape index (κ2) is 7.43. The van der Waals surface area contributed by atoms with Crippen LogP contribution in [-0.4, -0.2) is 28.3 Å².